The van der Waals surface area contributed by atoms with Crippen molar-refractivity contribution in [1.82, 2.24) is 4.90 Å². The van der Waals surface area contributed by atoms with Crippen molar-refractivity contribution >= 4 is 17.9 Å². The lowest BCUT2D eigenvalue weighted by Gasteiger charge is -2.26. The molecule has 6 heteroatoms. The lowest BCUT2D eigenvalue weighted by atomic mass is 9.94. The van der Waals surface area contributed by atoms with Crippen LogP contribution in [0.4, 0.5) is 0 Å². The van der Waals surface area contributed by atoms with E-state index in [1.165, 1.54) is 0 Å². The standard InChI is InChI=1S/C28H27NO5/c1-6-12-33-24-10-8-20(16-26(24)31-4)14-22-18-29(3)19-23(28(22)30)15-21-9-11-25(34-13-7-2)27(17-21)32-5/h1-2,8-11,14-17H,12-13,18-19H2,3-5H3/b22-14+,23-15+. The van der Waals surface area contributed by atoms with Gasteiger partial charge in [-0.3, -0.25) is 9.69 Å². The van der Waals surface area contributed by atoms with Gasteiger partial charge in [0.1, 0.15) is 13.2 Å². The zero-order valence-corrected chi connectivity index (χ0v) is 19.6. The summed E-state index contributed by atoms with van der Waals surface area (Å²) in [4.78, 5) is 15.4. The van der Waals surface area contributed by atoms with E-state index < -0.39 is 0 Å². The first kappa shape index (κ1) is 24.5. The summed E-state index contributed by atoms with van der Waals surface area (Å²) in [5, 5.41) is 0. The van der Waals surface area contributed by atoms with Gasteiger partial charge in [0, 0.05) is 24.2 Å². The summed E-state index contributed by atoms with van der Waals surface area (Å²) in [6.07, 6.45) is 14.3. The van der Waals surface area contributed by atoms with Gasteiger partial charge in [0.15, 0.2) is 28.8 Å². The SMILES string of the molecule is C#CCOc1ccc(/C=C2\CN(C)C/C(=C\c3ccc(OCC#C)c(OC)c3)C2=O)cc1OC. The molecule has 1 saturated heterocycles. The third kappa shape index (κ3) is 6.01. The monoisotopic (exact) mass is 457 g/mol. The van der Waals surface area contributed by atoms with Crippen molar-refractivity contribution in [3.8, 4) is 47.7 Å². The Hall–Kier alpha value is -4.13. The van der Waals surface area contributed by atoms with Crippen molar-refractivity contribution in [2.24, 2.45) is 0 Å². The molecule has 0 bridgehead atoms. The molecule has 1 fully saturated rings. The van der Waals surface area contributed by atoms with Gasteiger partial charge in [0.2, 0.25) is 0 Å². The molecule has 34 heavy (non-hydrogen) atoms. The van der Waals surface area contributed by atoms with E-state index in [2.05, 4.69) is 16.7 Å². The second-order valence-electron chi connectivity index (χ2n) is 7.65. The Morgan fingerprint density at radius 1 is 0.824 bits per heavy atom. The van der Waals surface area contributed by atoms with Gasteiger partial charge in [0.25, 0.3) is 0 Å². The number of Topliss-reactive ketones (excluding diaryl/α,β-unsaturated/α-hetero) is 1. The molecule has 0 aliphatic carbocycles. The van der Waals surface area contributed by atoms with Crippen LogP contribution in [0.3, 0.4) is 0 Å². The van der Waals surface area contributed by atoms with Gasteiger partial charge < -0.3 is 18.9 Å². The molecule has 0 aromatic heterocycles. The molecule has 0 amide bonds. The number of likely N-dealkylation sites (N-methyl/N-ethyl adjacent to an activating group) is 1. The van der Waals surface area contributed by atoms with Gasteiger partial charge in [-0.15, -0.1) is 12.8 Å². The molecule has 174 valence electrons. The van der Waals surface area contributed by atoms with Crippen LogP contribution in [0.5, 0.6) is 23.0 Å². The summed E-state index contributed by atoms with van der Waals surface area (Å²) in [6.45, 7) is 1.37. The maximum Gasteiger partial charge on any atom is 0.187 e. The van der Waals surface area contributed by atoms with Crippen LogP contribution in [0.25, 0.3) is 12.2 Å². The largest absolute Gasteiger partial charge is 0.493 e. The molecule has 0 unspecified atom stereocenters. The first-order chi connectivity index (χ1) is 16.5. The predicted molar refractivity (Wildman–Crippen MR) is 133 cm³/mol. The minimum atomic E-state index is -0.00338. The van der Waals surface area contributed by atoms with Crippen LogP contribution in [0.1, 0.15) is 11.1 Å². The van der Waals surface area contributed by atoms with Crippen molar-refractivity contribution in [3.63, 3.8) is 0 Å². The quantitative estimate of drug-likeness (QED) is 0.445. The van der Waals surface area contributed by atoms with Crippen LogP contribution in [-0.4, -0.2) is 58.3 Å². The van der Waals surface area contributed by atoms with Gasteiger partial charge in [-0.2, -0.15) is 0 Å². The Balaban J connectivity index is 1.89. The summed E-state index contributed by atoms with van der Waals surface area (Å²) in [5.74, 6) is 7.08. The molecule has 6 nitrogen and oxygen atoms in total. The summed E-state index contributed by atoms with van der Waals surface area (Å²) < 4.78 is 21.8. The van der Waals surface area contributed by atoms with Gasteiger partial charge >= 0.3 is 0 Å². The number of hydrogen-bond acceptors (Lipinski definition) is 6. The number of carbonyl (C=O) groups is 1. The Morgan fingerprint density at radius 3 is 1.65 bits per heavy atom. The van der Waals surface area contributed by atoms with E-state index in [0.29, 0.717) is 47.2 Å². The van der Waals surface area contributed by atoms with Crippen LogP contribution in [-0.2, 0) is 4.79 Å². The van der Waals surface area contributed by atoms with Crippen molar-refractivity contribution in [2.75, 3.05) is 47.6 Å². The number of rotatable bonds is 8. The van der Waals surface area contributed by atoms with Crippen molar-refractivity contribution in [1.29, 1.82) is 0 Å². The third-order valence-corrected chi connectivity index (χ3v) is 5.14. The Labute approximate surface area is 200 Å². The molecule has 0 atom stereocenters. The number of piperidine rings is 1. The Morgan fingerprint density at radius 2 is 1.26 bits per heavy atom. The van der Waals surface area contributed by atoms with E-state index in [0.717, 1.165) is 11.1 Å². The molecule has 0 radical (unpaired) electrons. The highest BCUT2D eigenvalue weighted by Crippen LogP contribution is 2.31. The highest BCUT2D eigenvalue weighted by molar-refractivity contribution is 6.14. The number of benzene rings is 2. The highest BCUT2D eigenvalue weighted by atomic mass is 16.5. The molecular weight excluding hydrogens is 430 g/mol. The zero-order chi connectivity index (χ0) is 24.5. The number of carbonyl (C=O) groups excluding carboxylic acids is 1. The summed E-state index contributed by atoms with van der Waals surface area (Å²) in [5.41, 5.74) is 3.03. The van der Waals surface area contributed by atoms with Crippen LogP contribution < -0.4 is 18.9 Å². The normalized spacial score (nSPS) is 16.1. The second-order valence-corrected chi connectivity index (χ2v) is 7.65. The van der Waals surface area contributed by atoms with E-state index in [1.54, 1.807) is 26.4 Å². The molecule has 2 aromatic rings. The van der Waals surface area contributed by atoms with E-state index in [1.807, 2.05) is 43.5 Å². The minimum absolute atomic E-state index is 0.00338. The molecule has 0 saturated carbocycles. The molecule has 1 heterocycles. The lowest BCUT2D eigenvalue weighted by Crippen LogP contribution is -2.34. The van der Waals surface area contributed by atoms with Gasteiger partial charge in [-0.1, -0.05) is 24.0 Å². The van der Waals surface area contributed by atoms with E-state index in [-0.39, 0.29) is 19.0 Å². The number of ether oxygens (including phenoxy) is 4. The van der Waals surface area contributed by atoms with Crippen LogP contribution in [0.15, 0.2) is 47.5 Å². The average Bonchev–Trinajstić information content (AvgIpc) is 2.84. The molecule has 0 spiro atoms. The minimum Gasteiger partial charge on any atom is -0.493 e. The van der Waals surface area contributed by atoms with Crippen molar-refractivity contribution in [3.05, 3.63) is 58.7 Å². The molecule has 1 aliphatic heterocycles. The third-order valence-electron chi connectivity index (χ3n) is 5.14. The summed E-state index contributed by atoms with van der Waals surface area (Å²) in [6, 6.07) is 10.9. The number of methoxy groups -OCH3 is 2. The van der Waals surface area contributed by atoms with Crippen LogP contribution in [0, 0.1) is 24.7 Å². The molecule has 1 aliphatic rings. The van der Waals surface area contributed by atoms with Gasteiger partial charge in [-0.05, 0) is 54.6 Å². The number of ketones is 1. The maximum atomic E-state index is 13.3. The van der Waals surface area contributed by atoms with E-state index in [9.17, 15) is 4.79 Å². The fourth-order valence-electron chi connectivity index (χ4n) is 3.64. The first-order valence-electron chi connectivity index (χ1n) is 10.6. The van der Waals surface area contributed by atoms with Gasteiger partial charge in [0.05, 0.1) is 14.2 Å². The fraction of sp³-hybridized carbons (Fsp3) is 0.250. The number of nitrogens with zero attached hydrogens (tertiary/aromatic N) is 1. The topological polar surface area (TPSA) is 57.2 Å². The first-order valence-corrected chi connectivity index (χ1v) is 10.6. The lowest BCUT2D eigenvalue weighted by molar-refractivity contribution is -0.113. The summed E-state index contributed by atoms with van der Waals surface area (Å²) in [7, 11) is 5.10. The van der Waals surface area contributed by atoms with Gasteiger partial charge in [-0.25, -0.2) is 0 Å². The van der Waals surface area contributed by atoms with Crippen molar-refractivity contribution in [2.45, 2.75) is 0 Å². The Kier molecular flexibility index (Phi) is 8.40. The van der Waals surface area contributed by atoms with Crippen LogP contribution in [0.2, 0.25) is 0 Å². The van der Waals surface area contributed by atoms with E-state index in [4.69, 9.17) is 31.8 Å². The number of likely N-dealkylation sites (tertiary alicyclic amines) is 1. The molecule has 0 N–H and O–H groups in total. The highest BCUT2D eigenvalue weighted by Gasteiger charge is 2.24. The smallest absolute Gasteiger partial charge is 0.187 e. The number of terminal acetylenes is 2. The predicted octanol–water partition coefficient (Wildman–Crippen LogP) is 3.71. The fourth-order valence-corrected chi connectivity index (χ4v) is 3.64. The second kappa shape index (κ2) is 11.7. The zero-order valence-electron chi connectivity index (χ0n) is 19.6. The van der Waals surface area contributed by atoms with E-state index >= 15 is 0 Å². The molecule has 2 aromatic carbocycles. The Bertz CT molecular complexity index is 1100. The summed E-state index contributed by atoms with van der Waals surface area (Å²) >= 11 is 0. The van der Waals surface area contributed by atoms with Crippen molar-refractivity contribution < 1.29 is 23.7 Å². The average molecular weight is 458 g/mol. The molecular formula is C28H27NO5. The number of hydrogen-bond donors (Lipinski definition) is 0. The molecule has 3 rings (SSSR count). The maximum absolute atomic E-state index is 13.3. The van der Waals surface area contributed by atoms with Crippen LogP contribution >= 0.6 is 0 Å².